The molecule has 0 bridgehead atoms. The van der Waals surface area contributed by atoms with E-state index in [0.717, 1.165) is 29.3 Å². The second-order valence-electron chi connectivity index (χ2n) is 8.52. The third-order valence-corrected chi connectivity index (χ3v) is 6.26. The number of phenols is 4. The van der Waals surface area contributed by atoms with Crippen molar-refractivity contribution in [3.05, 3.63) is 74.9 Å². The summed E-state index contributed by atoms with van der Waals surface area (Å²) in [6.45, 7) is 3.80. The quantitative estimate of drug-likeness (QED) is 0.202. The number of phenolic OH excluding ortho intramolecular Hbond substituents is 4. The monoisotopic (exact) mass is 492 g/mol. The number of ether oxygens (including phenoxy) is 1. The zero-order valence-corrected chi connectivity index (χ0v) is 19.7. The molecule has 9 heteroatoms. The van der Waals surface area contributed by atoms with Crippen LogP contribution in [0.5, 0.6) is 28.7 Å². The van der Waals surface area contributed by atoms with Crippen LogP contribution in [0.2, 0.25) is 0 Å². The zero-order valence-electron chi connectivity index (χ0n) is 19.7. The van der Waals surface area contributed by atoms with Crippen molar-refractivity contribution in [2.24, 2.45) is 0 Å². The van der Waals surface area contributed by atoms with Crippen LogP contribution in [-0.4, -0.2) is 38.6 Å². The molecule has 5 N–H and O–H groups in total. The Labute approximate surface area is 205 Å². The van der Waals surface area contributed by atoms with Gasteiger partial charge in [-0.3, -0.25) is 9.59 Å². The standard InChI is InChI=1S/C27H24O9/c1-12-4-5-14(8-13(12)2)16(10-21(32)35-3)22-19(30)11-20(31)23-24(33)25(34)26(36-27(22)23)15-6-7-17(28)18(29)9-15/h4-9,11,16,28-31,34H,10H2,1-3H3/t16-/m1/s1. The SMILES string of the molecule is COC(=O)C[C@H](c1ccc(C)c(C)c1)c1c(O)cc(O)c2c(=O)c(O)c(-c3ccc(O)c(O)c3)oc12. The van der Waals surface area contributed by atoms with Gasteiger partial charge in [0.25, 0.3) is 0 Å². The Kier molecular flexibility index (Phi) is 6.24. The number of aryl methyl sites for hydroxylation is 2. The number of hydrogen-bond acceptors (Lipinski definition) is 9. The largest absolute Gasteiger partial charge is 0.507 e. The molecule has 9 nitrogen and oxygen atoms in total. The van der Waals surface area contributed by atoms with Gasteiger partial charge in [-0.15, -0.1) is 0 Å². The zero-order chi connectivity index (χ0) is 26.3. The minimum atomic E-state index is -0.991. The molecule has 0 aliphatic heterocycles. The second-order valence-corrected chi connectivity index (χ2v) is 8.52. The van der Waals surface area contributed by atoms with Crippen molar-refractivity contribution >= 4 is 16.9 Å². The molecule has 0 amide bonds. The molecule has 0 radical (unpaired) electrons. The fraction of sp³-hybridized carbons (Fsp3) is 0.185. The lowest BCUT2D eigenvalue weighted by atomic mass is 9.85. The summed E-state index contributed by atoms with van der Waals surface area (Å²) in [7, 11) is 1.22. The number of carbonyl (C=O) groups is 1. The van der Waals surface area contributed by atoms with Gasteiger partial charge >= 0.3 is 5.97 Å². The van der Waals surface area contributed by atoms with Crippen molar-refractivity contribution in [3.8, 4) is 40.1 Å². The van der Waals surface area contributed by atoms with Gasteiger partial charge in [-0.2, -0.15) is 0 Å². The highest BCUT2D eigenvalue weighted by atomic mass is 16.5. The highest BCUT2D eigenvalue weighted by Crippen LogP contribution is 2.45. The van der Waals surface area contributed by atoms with Crippen LogP contribution in [0.4, 0.5) is 0 Å². The van der Waals surface area contributed by atoms with Crippen molar-refractivity contribution in [1.29, 1.82) is 0 Å². The number of benzene rings is 3. The molecule has 0 unspecified atom stereocenters. The van der Waals surface area contributed by atoms with Gasteiger partial charge < -0.3 is 34.7 Å². The minimum Gasteiger partial charge on any atom is -0.507 e. The molecule has 4 rings (SSSR count). The molecule has 1 atom stereocenters. The number of aromatic hydroxyl groups is 5. The average molecular weight is 492 g/mol. The molecule has 1 heterocycles. The molecular weight excluding hydrogens is 468 g/mol. The molecule has 0 aliphatic rings. The topological polar surface area (TPSA) is 158 Å². The van der Waals surface area contributed by atoms with E-state index in [4.69, 9.17) is 9.15 Å². The summed E-state index contributed by atoms with van der Waals surface area (Å²) in [5.41, 5.74) is 1.36. The van der Waals surface area contributed by atoms with Gasteiger partial charge in [-0.25, -0.2) is 0 Å². The summed E-state index contributed by atoms with van der Waals surface area (Å²) in [6.07, 6.45) is -0.230. The fourth-order valence-electron chi connectivity index (χ4n) is 4.16. The lowest BCUT2D eigenvalue weighted by molar-refractivity contribution is -0.140. The van der Waals surface area contributed by atoms with Crippen LogP contribution in [0.3, 0.4) is 0 Å². The van der Waals surface area contributed by atoms with Crippen molar-refractivity contribution in [1.82, 2.24) is 0 Å². The van der Waals surface area contributed by atoms with Gasteiger partial charge in [0.15, 0.2) is 17.3 Å². The predicted octanol–water partition coefficient (Wildman–Crippen LogP) is 4.30. The summed E-state index contributed by atoms with van der Waals surface area (Å²) >= 11 is 0. The van der Waals surface area contributed by atoms with E-state index in [-0.39, 0.29) is 28.9 Å². The maximum absolute atomic E-state index is 13.1. The van der Waals surface area contributed by atoms with Crippen molar-refractivity contribution in [2.75, 3.05) is 7.11 Å². The molecule has 3 aromatic carbocycles. The number of esters is 1. The van der Waals surface area contributed by atoms with Crippen LogP contribution in [0.25, 0.3) is 22.3 Å². The Morgan fingerprint density at radius 3 is 2.25 bits per heavy atom. The van der Waals surface area contributed by atoms with E-state index in [9.17, 15) is 35.1 Å². The van der Waals surface area contributed by atoms with Gasteiger partial charge in [0.1, 0.15) is 22.5 Å². The van der Waals surface area contributed by atoms with Crippen LogP contribution in [0.1, 0.15) is 34.6 Å². The number of rotatable bonds is 5. The van der Waals surface area contributed by atoms with Crippen LogP contribution in [0, 0.1) is 13.8 Å². The van der Waals surface area contributed by atoms with E-state index in [0.29, 0.717) is 5.56 Å². The van der Waals surface area contributed by atoms with E-state index >= 15 is 0 Å². The molecule has 0 fully saturated rings. The Morgan fingerprint density at radius 2 is 1.61 bits per heavy atom. The number of fused-ring (bicyclic) bond motifs is 1. The minimum absolute atomic E-state index is 0.0257. The normalized spacial score (nSPS) is 12.0. The second kappa shape index (κ2) is 9.18. The van der Waals surface area contributed by atoms with Crippen molar-refractivity contribution < 1.29 is 39.5 Å². The maximum atomic E-state index is 13.1. The molecule has 0 spiro atoms. The average Bonchev–Trinajstić information content (AvgIpc) is 2.83. The molecule has 0 saturated heterocycles. The summed E-state index contributed by atoms with van der Waals surface area (Å²) in [4.78, 5) is 25.5. The predicted molar refractivity (Wildman–Crippen MR) is 131 cm³/mol. The first kappa shape index (κ1) is 24.5. The maximum Gasteiger partial charge on any atom is 0.306 e. The molecular formula is C27H24O9. The third kappa shape index (κ3) is 4.15. The van der Waals surface area contributed by atoms with Gasteiger partial charge in [-0.1, -0.05) is 18.2 Å². The van der Waals surface area contributed by atoms with E-state index in [1.54, 1.807) is 6.07 Å². The summed E-state index contributed by atoms with van der Waals surface area (Å²) in [6, 6.07) is 9.92. The molecule has 0 saturated carbocycles. The third-order valence-electron chi connectivity index (χ3n) is 6.26. The lowest BCUT2D eigenvalue weighted by Gasteiger charge is -2.21. The van der Waals surface area contributed by atoms with Crippen LogP contribution >= 0.6 is 0 Å². The highest BCUT2D eigenvalue weighted by Gasteiger charge is 2.30. The number of carbonyl (C=O) groups excluding carboxylic acids is 1. The smallest absolute Gasteiger partial charge is 0.306 e. The number of methoxy groups -OCH3 is 1. The van der Waals surface area contributed by atoms with Gasteiger partial charge in [0.05, 0.1) is 13.5 Å². The summed E-state index contributed by atoms with van der Waals surface area (Å²) < 4.78 is 10.8. The first-order valence-electron chi connectivity index (χ1n) is 10.9. The molecule has 36 heavy (non-hydrogen) atoms. The van der Waals surface area contributed by atoms with Crippen molar-refractivity contribution in [2.45, 2.75) is 26.2 Å². The molecule has 4 aromatic rings. The molecule has 186 valence electrons. The first-order chi connectivity index (χ1) is 17.0. The molecule has 0 aliphatic carbocycles. The first-order valence-corrected chi connectivity index (χ1v) is 10.9. The highest BCUT2D eigenvalue weighted by molar-refractivity contribution is 5.92. The van der Waals surface area contributed by atoms with E-state index in [1.807, 2.05) is 26.0 Å². The Balaban J connectivity index is 2.09. The Hall–Kier alpha value is -4.66. The number of hydrogen-bond donors (Lipinski definition) is 5. The van der Waals surface area contributed by atoms with Crippen LogP contribution in [-0.2, 0) is 9.53 Å². The van der Waals surface area contributed by atoms with Crippen LogP contribution in [0.15, 0.2) is 51.7 Å². The summed E-state index contributed by atoms with van der Waals surface area (Å²) in [5.74, 6) is -4.69. The van der Waals surface area contributed by atoms with Gasteiger partial charge in [0, 0.05) is 23.1 Å². The fourth-order valence-corrected chi connectivity index (χ4v) is 4.16. The van der Waals surface area contributed by atoms with Crippen LogP contribution < -0.4 is 5.43 Å². The Morgan fingerprint density at radius 1 is 0.889 bits per heavy atom. The molecule has 1 aromatic heterocycles. The lowest BCUT2D eigenvalue weighted by Crippen LogP contribution is -2.13. The Bertz CT molecular complexity index is 1570. The van der Waals surface area contributed by atoms with E-state index in [2.05, 4.69) is 0 Å². The van der Waals surface area contributed by atoms with Crippen molar-refractivity contribution in [3.63, 3.8) is 0 Å². The van der Waals surface area contributed by atoms with E-state index < -0.39 is 51.4 Å². The van der Waals surface area contributed by atoms with Gasteiger partial charge in [0.2, 0.25) is 11.2 Å². The summed E-state index contributed by atoms with van der Waals surface area (Å²) in [5, 5.41) is 51.2. The van der Waals surface area contributed by atoms with Gasteiger partial charge in [-0.05, 0) is 48.7 Å². The van der Waals surface area contributed by atoms with E-state index in [1.165, 1.54) is 13.2 Å².